The van der Waals surface area contributed by atoms with E-state index in [0.717, 1.165) is 161 Å². The third-order valence-electron chi connectivity index (χ3n) is 13.3. The summed E-state index contributed by atoms with van der Waals surface area (Å²) in [6.45, 7) is 3.48. The van der Waals surface area contributed by atoms with E-state index in [0.29, 0.717) is 6.42 Å². The van der Waals surface area contributed by atoms with Gasteiger partial charge in [0.05, 0.1) is 13.2 Å². The van der Waals surface area contributed by atoms with Gasteiger partial charge in [0.2, 0.25) is 0 Å². The maximum Gasteiger partial charge on any atom is 0.472 e. The number of unbranched alkanes of at least 4 members (excludes halogenated alkanes) is 17. The maximum atomic E-state index is 12.7. The van der Waals surface area contributed by atoms with E-state index >= 15 is 0 Å². The average Bonchev–Trinajstić information content (AvgIpc) is 3.52. The van der Waals surface area contributed by atoms with Crippen LogP contribution in [0.5, 0.6) is 0 Å². The first-order chi connectivity index (χ1) is 41.8. The summed E-state index contributed by atoms with van der Waals surface area (Å²) in [5.41, 5.74) is 5.39. The molecule has 0 radical (unpaired) electrons. The summed E-state index contributed by atoms with van der Waals surface area (Å²) in [6.07, 6.45) is 102. The molecule has 0 rings (SSSR count). The van der Waals surface area contributed by atoms with Crippen molar-refractivity contribution in [3.8, 4) is 0 Å². The smallest absolute Gasteiger partial charge is 0.462 e. The molecule has 85 heavy (non-hydrogen) atoms. The van der Waals surface area contributed by atoms with Crippen molar-refractivity contribution in [1.29, 1.82) is 0 Å². The van der Waals surface area contributed by atoms with Gasteiger partial charge in [-0.25, -0.2) is 4.57 Å². The summed E-state index contributed by atoms with van der Waals surface area (Å²) in [6, 6.07) is 0. The van der Waals surface area contributed by atoms with Gasteiger partial charge in [0.15, 0.2) is 6.10 Å². The average molecular weight is 1190 g/mol. The van der Waals surface area contributed by atoms with Crippen LogP contribution in [-0.2, 0) is 32.7 Å². The van der Waals surface area contributed by atoms with Gasteiger partial charge >= 0.3 is 19.8 Å². The lowest BCUT2D eigenvalue weighted by Gasteiger charge is -2.19. The number of rotatable bonds is 60. The summed E-state index contributed by atoms with van der Waals surface area (Å²) >= 11 is 0. The first-order valence-corrected chi connectivity index (χ1v) is 34.8. The largest absolute Gasteiger partial charge is 0.472 e. The number of phosphoric acid groups is 1. The summed E-state index contributed by atoms with van der Waals surface area (Å²) in [4.78, 5) is 35.3. The number of carbonyl (C=O) groups excluding carboxylic acids is 2. The van der Waals surface area contributed by atoms with Gasteiger partial charge in [-0.05, 0) is 135 Å². The van der Waals surface area contributed by atoms with Crippen molar-refractivity contribution in [2.75, 3.05) is 26.4 Å². The van der Waals surface area contributed by atoms with Crippen LogP contribution in [0, 0.1) is 0 Å². The van der Waals surface area contributed by atoms with Crippen molar-refractivity contribution in [1.82, 2.24) is 0 Å². The van der Waals surface area contributed by atoms with E-state index in [1.807, 2.05) is 0 Å². The highest BCUT2D eigenvalue weighted by molar-refractivity contribution is 7.47. The van der Waals surface area contributed by atoms with Crippen molar-refractivity contribution >= 4 is 19.8 Å². The van der Waals surface area contributed by atoms with Crippen molar-refractivity contribution in [3.63, 3.8) is 0 Å². The van der Waals surface area contributed by atoms with Crippen LogP contribution in [0.15, 0.2) is 182 Å². The molecule has 3 N–H and O–H groups in total. The molecule has 0 spiro atoms. The molecule has 10 heteroatoms. The second kappa shape index (κ2) is 68.2. The second-order valence-corrected chi connectivity index (χ2v) is 22.7. The molecule has 0 aliphatic rings. The molecule has 0 heterocycles. The fourth-order valence-electron chi connectivity index (χ4n) is 8.46. The third-order valence-corrected chi connectivity index (χ3v) is 14.3. The van der Waals surface area contributed by atoms with Crippen LogP contribution in [0.1, 0.15) is 245 Å². The summed E-state index contributed by atoms with van der Waals surface area (Å²) in [5, 5.41) is 0. The van der Waals surface area contributed by atoms with Crippen LogP contribution in [0.3, 0.4) is 0 Å². The predicted octanol–water partition coefficient (Wildman–Crippen LogP) is 22.0. The zero-order valence-electron chi connectivity index (χ0n) is 53.5. The fraction of sp³-hybridized carbons (Fsp3) is 0.573. The summed E-state index contributed by atoms with van der Waals surface area (Å²) < 4.78 is 33.1. The fourth-order valence-corrected chi connectivity index (χ4v) is 9.22. The van der Waals surface area contributed by atoms with Gasteiger partial charge in [-0.3, -0.25) is 18.6 Å². The molecule has 0 aromatic rings. The lowest BCUT2D eigenvalue weighted by molar-refractivity contribution is -0.161. The number of ether oxygens (including phenoxy) is 2. The van der Waals surface area contributed by atoms with Crippen LogP contribution in [0.25, 0.3) is 0 Å². The molecule has 0 fully saturated rings. The molecular weight excluding hydrogens is 1070 g/mol. The molecule has 0 aliphatic carbocycles. The Labute approximate surface area is 520 Å². The number of allylic oxidation sites excluding steroid dienone is 30. The highest BCUT2D eigenvalue weighted by atomic mass is 31.2. The molecule has 0 aromatic carbocycles. The van der Waals surface area contributed by atoms with Gasteiger partial charge in [0.1, 0.15) is 6.61 Å². The quantitative estimate of drug-likeness (QED) is 0.0264. The third kappa shape index (κ3) is 68.1. The van der Waals surface area contributed by atoms with E-state index in [1.165, 1.54) is 51.4 Å². The molecule has 0 bridgehead atoms. The lowest BCUT2D eigenvalue weighted by Crippen LogP contribution is -2.29. The molecule has 0 saturated carbocycles. The van der Waals surface area contributed by atoms with Crippen LogP contribution in [0.4, 0.5) is 0 Å². The first-order valence-electron chi connectivity index (χ1n) is 33.3. The lowest BCUT2D eigenvalue weighted by atomic mass is 10.1. The number of hydrogen-bond acceptors (Lipinski definition) is 8. The van der Waals surface area contributed by atoms with Gasteiger partial charge in [-0.15, -0.1) is 0 Å². The molecule has 9 nitrogen and oxygen atoms in total. The van der Waals surface area contributed by atoms with Crippen LogP contribution in [0.2, 0.25) is 0 Å². The van der Waals surface area contributed by atoms with Crippen molar-refractivity contribution in [2.45, 2.75) is 251 Å². The topological polar surface area (TPSA) is 134 Å². The number of hydrogen-bond donors (Lipinski definition) is 2. The molecule has 0 amide bonds. The Morgan fingerprint density at radius 2 is 0.612 bits per heavy atom. The zero-order valence-corrected chi connectivity index (χ0v) is 54.4. The van der Waals surface area contributed by atoms with E-state index in [9.17, 15) is 19.0 Å². The van der Waals surface area contributed by atoms with E-state index in [4.69, 9.17) is 24.3 Å². The standard InChI is InChI=1S/C75H120NO8P/c1-3-5-7-9-11-13-15-17-19-21-23-25-27-28-29-30-31-32-33-34-35-36-37-38-39-40-41-42-43-44-46-48-50-52-54-56-58-60-62-64-66-68-75(78)84-73(72-83-85(79,80)82-70-69-76)71-81-74(77)67-65-63-61-59-57-55-53-51-49-47-45-26-24-22-20-18-16-14-12-10-8-6-4-2/h5-8,11-14,17-20,23-26,28-29,31-32,34-35,37-38,40-41,43-44,48,50,73H,3-4,9-10,15-16,21-22,27,30,33,36,39,42,45-47,49,51-72,76H2,1-2H3,(H,79,80)/b7-5-,8-6-,13-11-,14-12-,19-17-,20-18-,25-23-,26-24-,29-28-,32-31-,35-34-,38-37-,41-40-,44-43-,50-48-. The van der Waals surface area contributed by atoms with Gasteiger partial charge in [-0.2, -0.15) is 0 Å². The molecular formula is C75H120NO8P. The number of nitrogens with two attached hydrogens (primary N) is 1. The normalized spacial score (nSPS) is 14.2. The van der Waals surface area contributed by atoms with Crippen LogP contribution < -0.4 is 5.73 Å². The van der Waals surface area contributed by atoms with Crippen LogP contribution >= 0.6 is 7.82 Å². The predicted molar refractivity (Wildman–Crippen MR) is 366 cm³/mol. The minimum atomic E-state index is -4.41. The molecule has 0 aromatic heterocycles. The Hall–Kier alpha value is -4.89. The number of carbonyl (C=O) groups is 2. The number of phosphoric ester groups is 1. The van der Waals surface area contributed by atoms with Crippen molar-refractivity contribution in [2.24, 2.45) is 5.73 Å². The minimum Gasteiger partial charge on any atom is -0.462 e. The van der Waals surface area contributed by atoms with Gasteiger partial charge in [-0.1, -0.05) is 280 Å². The Bertz CT molecular complexity index is 2040. The second-order valence-electron chi connectivity index (χ2n) is 21.2. The van der Waals surface area contributed by atoms with E-state index < -0.39 is 32.5 Å². The van der Waals surface area contributed by atoms with Gasteiger partial charge in [0.25, 0.3) is 0 Å². The van der Waals surface area contributed by atoms with E-state index in [-0.39, 0.29) is 32.6 Å². The highest BCUT2D eigenvalue weighted by Gasteiger charge is 2.26. The molecule has 2 unspecified atom stereocenters. The molecule has 478 valence electrons. The minimum absolute atomic E-state index is 0.0416. The highest BCUT2D eigenvalue weighted by Crippen LogP contribution is 2.43. The molecule has 0 saturated heterocycles. The maximum absolute atomic E-state index is 12.7. The van der Waals surface area contributed by atoms with Crippen molar-refractivity contribution < 1.29 is 37.6 Å². The molecule has 0 aliphatic heterocycles. The van der Waals surface area contributed by atoms with Gasteiger partial charge < -0.3 is 20.1 Å². The Kier molecular flexibility index (Phi) is 64.3. The monoisotopic (exact) mass is 1190 g/mol. The summed E-state index contributed by atoms with van der Waals surface area (Å²) in [7, 11) is -4.41. The van der Waals surface area contributed by atoms with Crippen molar-refractivity contribution in [3.05, 3.63) is 182 Å². The Morgan fingerprint density at radius 1 is 0.353 bits per heavy atom. The van der Waals surface area contributed by atoms with E-state index in [1.54, 1.807) is 0 Å². The molecule has 2 atom stereocenters. The summed E-state index contributed by atoms with van der Waals surface area (Å²) in [5.74, 6) is -0.856. The first kappa shape index (κ1) is 80.1. The zero-order chi connectivity index (χ0) is 61.6. The number of esters is 2. The Balaban J connectivity index is 4.02. The van der Waals surface area contributed by atoms with E-state index in [2.05, 4.69) is 196 Å². The van der Waals surface area contributed by atoms with Gasteiger partial charge in [0, 0.05) is 19.4 Å². The Morgan fingerprint density at radius 3 is 0.906 bits per heavy atom. The van der Waals surface area contributed by atoms with Crippen LogP contribution in [-0.4, -0.2) is 49.3 Å². The SMILES string of the molecule is CC/C=C\C/C=C\C/C=C\C/C=C\C/C=C\C/C=C\C/C=C\C/C=C\C/C=C\C/C=C\C/C=C\CCCCCCCCCC(=O)OC(COC(=O)CCCCCCCCCCCC/C=C\C/C=C\C/C=C\C/C=C\CC)COP(=O)(O)OCCN.